The lowest BCUT2D eigenvalue weighted by molar-refractivity contribution is -0.0637. The highest BCUT2D eigenvalue weighted by Crippen LogP contribution is 2.37. The Bertz CT molecular complexity index is 348. The second-order valence-corrected chi connectivity index (χ2v) is 6.84. The van der Waals surface area contributed by atoms with Gasteiger partial charge in [-0.2, -0.15) is 0 Å². The van der Waals surface area contributed by atoms with Crippen LogP contribution in [-0.2, 0) is 18.9 Å². The highest BCUT2D eigenvalue weighted by molar-refractivity contribution is 5.68. The lowest BCUT2D eigenvalue weighted by Crippen LogP contribution is -2.48. The number of hydrogen-bond donors (Lipinski definition) is 0. The van der Waals surface area contributed by atoms with Gasteiger partial charge in [0.2, 0.25) is 0 Å². The zero-order valence-corrected chi connectivity index (χ0v) is 13.6. The van der Waals surface area contributed by atoms with Crippen molar-refractivity contribution in [2.75, 3.05) is 40.5 Å². The van der Waals surface area contributed by atoms with Crippen LogP contribution in [-0.4, -0.2) is 69.3 Å². The molecule has 1 amide bonds. The number of rotatable bonds is 4. The first-order chi connectivity index (χ1) is 9.85. The average Bonchev–Trinajstić information content (AvgIpc) is 2.61. The fourth-order valence-electron chi connectivity index (χ4n) is 3.17. The molecule has 6 nitrogen and oxygen atoms in total. The Kier molecular flexibility index (Phi) is 5.11. The number of ether oxygens (including phenoxy) is 4. The first-order valence-electron chi connectivity index (χ1n) is 7.47. The standard InChI is InChI=1S/C15H27NO5/c1-15(2,3)21-14(17)16-6-12-10(8-18-4)11(9-19-5)13(7-16)20-12/h10-13H,6-9H2,1-5H3/t10-,11+,12+,13-. The van der Waals surface area contributed by atoms with Crippen molar-refractivity contribution < 1.29 is 23.7 Å². The van der Waals surface area contributed by atoms with Crippen LogP contribution in [0.2, 0.25) is 0 Å². The van der Waals surface area contributed by atoms with Gasteiger partial charge in [-0.25, -0.2) is 4.79 Å². The zero-order chi connectivity index (χ0) is 15.6. The van der Waals surface area contributed by atoms with Gasteiger partial charge in [0.1, 0.15) is 5.60 Å². The minimum absolute atomic E-state index is 0.00336. The lowest BCUT2D eigenvalue weighted by Gasteiger charge is -2.34. The number of hydrogen-bond acceptors (Lipinski definition) is 5. The SMILES string of the molecule is COC[C@@H]1[C@H](COC)[C@H]2CN(C(=O)OC(C)(C)C)C[C@@H]1O2. The van der Waals surface area contributed by atoms with Crippen LogP contribution in [0.3, 0.4) is 0 Å². The zero-order valence-electron chi connectivity index (χ0n) is 13.6. The van der Waals surface area contributed by atoms with Crippen LogP contribution in [0, 0.1) is 11.8 Å². The molecule has 2 fully saturated rings. The average molecular weight is 301 g/mol. The van der Waals surface area contributed by atoms with Crippen molar-refractivity contribution in [2.45, 2.75) is 38.6 Å². The highest BCUT2D eigenvalue weighted by Gasteiger charge is 2.50. The van der Waals surface area contributed by atoms with Crippen molar-refractivity contribution in [3.8, 4) is 0 Å². The van der Waals surface area contributed by atoms with Crippen LogP contribution < -0.4 is 0 Å². The van der Waals surface area contributed by atoms with E-state index in [-0.39, 0.29) is 30.1 Å². The van der Waals surface area contributed by atoms with Gasteiger partial charge in [0, 0.05) is 26.1 Å². The van der Waals surface area contributed by atoms with Gasteiger partial charge in [-0.15, -0.1) is 0 Å². The Balaban J connectivity index is 2.04. The van der Waals surface area contributed by atoms with E-state index in [2.05, 4.69) is 0 Å². The summed E-state index contributed by atoms with van der Waals surface area (Å²) in [6.07, 6.45) is -0.275. The maximum Gasteiger partial charge on any atom is 0.410 e. The first-order valence-corrected chi connectivity index (χ1v) is 7.47. The molecule has 6 heteroatoms. The topological polar surface area (TPSA) is 57.2 Å². The van der Waals surface area contributed by atoms with Gasteiger partial charge in [-0.3, -0.25) is 0 Å². The van der Waals surface area contributed by atoms with E-state index in [1.165, 1.54) is 0 Å². The molecule has 2 bridgehead atoms. The van der Waals surface area contributed by atoms with E-state index < -0.39 is 5.60 Å². The highest BCUT2D eigenvalue weighted by atomic mass is 16.6. The van der Waals surface area contributed by atoms with Crippen molar-refractivity contribution >= 4 is 6.09 Å². The minimum Gasteiger partial charge on any atom is -0.444 e. The summed E-state index contributed by atoms with van der Waals surface area (Å²) in [6.45, 7) is 7.98. The van der Waals surface area contributed by atoms with Crippen molar-refractivity contribution in [2.24, 2.45) is 11.8 Å². The second-order valence-electron chi connectivity index (χ2n) is 6.84. The fraction of sp³-hybridized carbons (Fsp3) is 0.933. The Hall–Kier alpha value is -0.850. The second kappa shape index (κ2) is 6.50. The van der Waals surface area contributed by atoms with Crippen molar-refractivity contribution in [3.63, 3.8) is 0 Å². The number of carbonyl (C=O) groups excluding carboxylic acids is 1. The summed E-state index contributed by atoms with van der Waals surface area (Å²) < 4.78 is 22.1. The molecule has 2 aliphatic heterocycles. The molecule has 2 rings (SSSR count). The number of nitrogens with zero attached hydrogens (tertiary/aromatic N) is 1. The van der Waals surface area contributed by atoms with Crippen LogP contribution in [0.1, 0.15) is 20.8 Å². The summed E-state index contributed by atoms with van der Waals surface area (Å²) in [7, 11) is 3.38. The molecule has 21 heavy (non-hydrogen) atoms. The third kappa shape index (κ3) is 3.87. The molecule has 0 aromatic heterocycles. The maximum atomic E-state index is 12.2. The minimum atomic E-state index is -0.480. The van der Waals surface area contributed by atoms with Crippen molar-refractivity contribution in [1.29, 1.82) is 0 Å². The molecule has 0 N–H and O–H groups in total. The predicted octanol–water partition coefficient (Wildman–Crippen LogP) is 1.53. The quantitative estimate of drug-likeness (QED) is 0.788. The van der Waals surface area contributed by atoms with Crippen LogP contribution in [0.4, 0.5) is 4.79 Å². The number of likely N-dealkylation sites (tertiary alicyclic amines) is 1. The molecule has 0 aromatic carbocycles. The molecule has 122 valence electrons. The lowest BCUT2D eigenvalue weighted by atomic mass is 9.89. The van der Waals surface area contributed by atoms with Crippen molar-refractivity contribution in [1.82, 2.24) is 4.90 Å². The summed E-state index contributed by atoms with van der Waals surface area (Å²) in [4.78, 5) is 14.0. The van der Waals surface area contributed by atoms with Gasteiger partial charge < -0.3 is 23.8 Å². The molecule has 0 aliphatic carbocycles. The molecule has 0 aromatic rings. The summed E-state index contributed by atoms with van der Waals surface area (Å²) in [6, 6.07) is 0. The van der Waals surface area contributed by atoms with E-state index >= 15 is 0 Å². The third-order valence-electron chi connectivity index (χ3n) is 4.03. The van der Waals surface area contributed by atoms with E-state index in [4.69, 9.17) is 18.9 Å². The Morgan fingerprint density at radius 1 is 1.10 bits per heavy atom. The van der Waals surface area contributed by atoms with Gasteiger partial charge in [0.05, 0.1) is 38.5 Å². The van der Waals surface area contributed by atoms with E-state index in [1.54, 1.807) is 19.1 Å². The largest absolute Gasteiger partial charge is 0.444 e. The fourth-order valence-corrected chi connectivity index (χ4v) is 3.17. The van der Waals surface area contributed by atoms with Gasteiger partial charge >= 0.3 is 6.09 Å². The Labute approximate surface area is 126 Å². The van der Waals surface area contributed by atoms with Gasteiger partial charge in [-0.1, -0.05) is 0 Å². The Morgan fingerprint density at radius 3 is 1.95 bits per heavy atom. The van der Waals surface area contributed by atoms with Crippen LogP contribution >= 0.6 is 0 Å². The van der Waals surface area contributed by atoms with Crippen molar-refractivity contribution in [3.05, 3.63) is 0 Å². The summed E-state index contributed by atoms with van der Waals surface area (Å²) in [5.41, 5.74) is -0.480. The number of amides is 1. The summed E-state index contributed by atoms with van der Waals surface area (Å²) in [5, 5.41) is 0. The van der Waals surface area contributed by atoms with Gasteiger partial charge in [0.15, 0.2) is 0 Å². The molecular formula is C15H27NO5. The molecule has 0 spiro atoms. The van der Waals surface area contributed by atoms with Crippen LogP contribution in [0.25, 0.3) is 0 Å². The van der Waals surface area contributed by atoms with E-state index in [1.807, 2.05) is 20.8 Å². The number of fused-ring (bicyclic) bond motifs is 2. The number of methoxy groups -OCH3 is 2. The van der Waals surface area contributed by atoms with Crippen LogP contribution in [0.15, 0.2) is 0 Å². The molecule has 4 atom stereocenters. The van der Waals surface area contributed by atoms with Gasteiger partial charge in [0.25, 0.3) is 0 Å². The molecule has 2 saturated heterocycles. The molecular weight excluding hydrogens is 274 g/mol. The molecule has 0 saturated carbocycles. The normalized spacial score (nSPS) is 32.3. The molecule has 0 unspecified atom stereocenters. The Morgan fingerprint density at radius 2 is 1.57 bits per heavy atom. The van der Waals surface area contributed by atoms with Crippen LogP contribution in [0.5, 0.6) is 0 Å². The maximum absolute atomic E-state index is 12.2. The van der Waals surface area contributed by atoms with E-state index in [0.717, 1.165) is 0 Å². The molecule has 2 aliphatic rings. The number of carbonyl (C=O) groups is 1. The third-order valence-corrected chi connectivity index (χ3v) is 4.03. The summed E-state index contributed by atoms with van der Waals surface area (Å²) in [5.74, 6) is 0.514. The molecule has 0 radical (unpaired) electrons. The predicted molar refractivity (Wildman–Crippen MR) is 77.2 cm³/mol. The van der Waals surface area contributed by atoms with E-state index in [0.29, 0.717) is 26.3 Å². The molecule has 2 heterocycles. The number of morpholine rings is 1. The van der Waals surface area contributed by atoms with E-state index in [9.17, 15) is 4.79 Å². The monoisotopic (exact) mass is 301 g/mol. The summed E-state index contributed by atoms with van der Waals surface area (Å²) >= 11 is 0. The van der Waals surface area contributed by atoms with Gasteiger partial charge in [-0.05, 0) is 20.8 Å². The first kappa shape index (κ1) is 16.5. The smallest absolute Gasteiger partial charge is 0.410 e.